The van der Waals surface area contributed by atoms with Gasteiger partial charge in [-0.25, -0.2) is 8.78 Å². The van der Waals surface area contributed by atoms with Crippen LogP contribution in [0.4, 0.5) is 8.78 Å². The van der Waals surface area contributed by atoms with E-state index in [2.05, 4.69) is 5.32 Å². The largest absolute Gasteiger partial charge is 0.364 e. The van der Waals surface area contributed by atoms with E-state index in [4.69, 9.17) is 10.5 Å². The summed E-state index contributed by atoms with van der Waals surface area (Å²) in [5.74, 6) is -2.08. The van der Waals surface area contributed by atoms with E-state index in [0.29, 0.717) is 18.5 Å². The van der Waals surface area contributed by atoms with Crippen molar-refractivity contribution in [3.63, 3.8) is 0 Å². The Balaban J connectivity index is 1.95. The number of benzene rings is 1. The molecule has 2 rings (SSSR count). The lowest BCUT2D eigenvalue weighted by Crippen LogP contribution is -2.37. The van der Waals surface area contributed by atoms with Gasteiger partial charge in [0.05, 0.1) is 12.1 Å². The van der Waals surface area contributed by atoms with Crippen molar-refractivity contribution in [2.24, 2.45) is 5.73 Å². The first-order valence-electron chi connectivity index (χ1n) is 6.62. The summed E-state index contributed by atoms with van der Waals surface area (Å²) in [5.41, 5.74) is 5.99. The van der Waals surface area contributed by atoms with Crippen molar-refractivity contribution in [1.29, 1.82) is 0 Å². The van der Waals surface area contributed by atoms with Gasteiger partial charge in [-0.15, -0.1) is 0 Å². The molecule has 1 aliphatic heterocycles. The predicted octanol–water partition coefficient (Wildman–Crippen LogP) is 1.65. The summed E-state index contributed by atoms with van der Waals surface area (Å²) in [4.78, 5) is 12.0. The van der Waals surface area contributed by atoms with Gasteiger partial charge in [-0.2, -0.15) is 0 Å². The highest BCUT2D eigenvalue weighted by molar-refractivity contribution is 5.81. The van der Waals surface area contributed by atoms with Crippen LogP contribution in [-0.2, 0) is 9.53 Å². The molecule has 6 heteroatoms. The summed E-state index contributed by atoms with van der Waals surface area (Å²) in [6.07, 6.45) is 0.785. The van der Waals surface area contributed by atoms with Crippen molar-refractivity contribution in [1.82, 2.24) is 5.32 Å². The van der Waals surface area contributed by atoms with Crippen LogP contribution in [0.15, 0.2) is 18.2 Å². The molecule has 1 aliphatic rings. The summed E-state index contributed by atoms with van der Waals surface area (Å²) < 4.78 is 31.5. The van der Waals surface area contributed by atoms with Crippen molar-refractivity contribution in [2.75, 3.05) is 6.54 Å². The molecule has 1 heterocycles. The number of carbonyl (C=O) groups is 1. The Kier molecular flexibility index (Phi) is 4.67. The summed E-state index contributed by atoms with van der Waals surface area (Å²) in [7, 11) is 0. The van der Waals surface area contributed by atoms with Crippen LogP contribution in [0, 0.1) is 11.6 Å². The van der Waals surface area contributed by atoms with Crippen molar-refractivity contribution < 1.29 is 18.3 Å². The Hall–Kier alpha value is -1.53. The number of nitrogens with two attached hydrogens (primary N) is 1. The number of amides is 1. The lowest BCUT2D eigenvalue weighted by molar-refractivity contribution is -0.132. The first-order valence-corrected chi connectivity index (χ1v) is 6.62. The molecule has 1 amide bonds. The molecule has 0 aromatic heterocycles. The maximum atomic E-state index is 13.1. The number of halogens is 2. The van der Waals surface area contributed by atoms with E-state index < -0.39 is 23.8 Å². The van der Waals surface area contributed by atoms with E-state index in [1.165, 1.54) is 6.07 Å². The summed E-state index contributed by atoms with van der Waals surface area (Å²) in [5, 5.41) is 2.74. The fourth-order valence-electron chi connectivity index (χ4n) is 2.24. The molecular weight excluding hydrogens is 266 g/mol. The van der Waals surface area contributed by atoms with Gasteiger partial charge in [-0.1, -0.05) is 6.07 Å². The molecule has 0 radical (unpaired) electrons. The SMILES string of the molecule is CC(NC(=O)C1CCC(CN)O1)c1ccc(F)c(F)c1. The van der Waals surface area contributed by atoms with Gasteiger partial charge in [-0.3, -0.25) is 4.79 Å². The molecule has 3 unspecified atom stereocenters. The van der Waals surface area contributed by atoms with E-state index >= 15 is 0 Å². The molecule has 110 valence electrons. The minimum atomic E-state index is -0.927. The molecule has 20 heavy (non-hydrogen) atoms. The average Bonchev–Trinajstić information content (AvgIpc) is 2.90. The van der Waals surface area contributed by atoms with E-state index in [1.807, 2.05) is 0 Å². The third-order valence-electron chi connectivity index (χ3n) is 3.47. The smallest absolute Gasteiger partial charge is 0.249 e. The number of hydrogen-bond donors (Lipinski definition) is 2. The lowest BCUT2D eigenvalue weighted by atomic mass is 10.1. The van der Waals surface area contributed by atoms with E-state index in [0.717, 1.165) is 18.6 Å². The van der Waals surface area contributed by atoms with Crippen LogP contribution in [-0.4, -0.2) is 24.7 Å². The van der Waals surface area contributed by atoms with Gasteiger partial charge in [0.1, 0.15) is 6.10 Å². The molecule has 0 aliphatic carbocycles. The molecule has 1 aromatic carbocycles. The number of nitrogens with one attached hydrogen (secondary N) is 1. The van der Waals surface area contributed by atoms with Gasteiger partial charge in [0.25, 0.3) is 0 Å². The van der Waals surface area contributed by atoms with Crippen LogP contribution < -0.4 is 11.1 Å². The summed E-state index contributed by atoms with van der Waals surface area (Å²) >= 11 is 0. The monoisotopic (exact) mass is 284 g/mol. The Morgan fingerprint density at radius 3 is 2.80 bits per heavy atom. The van der Waals surface area contributed by atoms with Crippen molar-refractivity contribution in [3.05, 3.63) is 35.4 Å². The highest BCUT2D eigenvalue weighted by atomic mass is 19.2. The van der Waals surface area contributed by atoms with Gasteiger partial charge in [0, 0.05) is 6.54 Å². The van der Waals surface area contributed by atoms with E-state index in [1.54, 1.807) is 6.92 Å². The topological polar surface area (TPSA) is 64.4 Å². The zero-order chi connectivity index (χ0) is 14.7. The molecule has 0 bridgehead atoms. The van der Waals surface area contributed by atoms with Crippen LogP contribution in [0.3, 0.4) is 0 Å². The Morgan fingerprint density at radius 2 is 2.20 bits per heavy atom. The summed E-state index contributed by atoms with van der Waals surface area (Å²) in [6, 6.07) is 3.15. The minimum absolute atomic E-state index is 0.0793. The first kappa shape index (κ1) is 14.9. The molecule has 0 saturated carbocycles. The van der Waals surface area contributed by atoms with Gasteiger partial charge in [-0.05, 0) is 37.5 Å². The molecule has 0 spiro atoms. The molecule has 1 fully saturated rings. The van der Waals surface area contributed by atoms with Crippen LogP contribution >= 0.6 is 0 Å². The number of rotatable bonds is 4. The first-order chi connectivity index (χ1) is 9.51. The van der Waals surface area contributed by atoms with Crippen LogP contribution in [0.2, 0.25) is 0 Å². The fraction of sp³-hybridized carbons (Fsp3) is 0.500. The Bertz CT molecular complexity index is 496. The standard InChI is InChI=1S/C14H18F2N2O2/c1-8(9-2-4-11(15)12(16)6-9)18-14(19)13-5-3-10(7-17)20-13/h2,4,6,8,10,13H,3,5,7,17H2,1H3,(H,18,19). The maximum Gasteiger partial charge on any atom is 0.249 e. The second-order valence-electron chi connectivity index (χ2n) is 4.96. The molecule has 1 saturated heterocycles. The van der Waals surface area contributed by atoms with Crippen LogP contribution in [0.25, 0.3) is 0 Å². The number of carbonyl (C=O) groups excluding carboxylic acids is 1. The maximum absolute atomic E-state index is 13.1. The highest BCUT2D eigenvalue weighted by Crippen LogP contribution is 2.21. The predicted molar refractivity (Wildman–Crippen MR) is 69.9 cm³/mol. The second-order valence-corrected chi connectivity index (χ2v) is 4.96. The van der Waals surface area contributed by atoms with Crippen molar-refractivity contribution in [2.45, 2.75) is 38.0 Å². The molecule has 3 N–H and O–H groups in total. The zero-order valence-corrected chi connectivity index (χ0v) is 11.2. The minimum Gasteiger partial charge on any atom is -0.364 e. The fourth-order valence-corrected chi connectivity index (χ4v) is 2.24. The molecular formula is C14H18F2N2O2. The molecule has 1 aromatic rings. The zero-order valence-electron chi connectivity index (χ0n) is 11.2. The lowest BCUT2D eigenvalue weighted by Gasteiger charge is -2.18. The Morgan fingerprint density at radius 1 is 1.45 bits per heavy atom. The summed E-state index contributed by atoms with van der Waals surface area (Å²) in [6.45, 7) is 2.10. The normalized spacial score (nSPS) is 23.6. The second kappa shape index (κ2) is 6.28. The molecule has 4 nitrogen and oxygen atoms in total. The van der Waals surface area contributed by atoms with E-state index in [-0.39, 0.29) is 12.0 Å². The van der Waals surface area contributed by atoms with Gasteiger partial charge in [0.15, 0.2) is 11.6 Å². The average molecular weight is 284 g/mol. The van der Waals surface area contributed by atoms with Gasteiger partial charge in [0.2, 0.25) is 5.91 Å². The number of hydrogen-bond acceptors (Lipinski definition) is 3. The van der Waals surface area contributed by atoms with Crippen molar-refractivity contribution in [3.8, 4) is 0 Å². The van der Waals surface area contributed by atoms with Crippen LogP contribution in [0.5, 0.6) is 0 Å². The Labute approximate surface area is 116 Å². The third kappa shape index (κ3) is 3.32. The quantitative estimate of drug-likeness (QED) is 0.883. The molecule has 3 atom stereocenters. The third-order valence-corrected chi connectivity index (χ3v) is 3.47. The number of ether oxygens (including phenoxy) is 1. The van der Waals surface area contributed by atoms with E-state index in [9.17, 15) is 13.6 Å². The van der Waals surface area contributed by atoms with Gasteiger partial charge >= 0.3 is 0 Å². The van der Waals surface area contributed by atoms with Gasteiger partial charge < -0.3 is 15.8 Å². The van der Waals surface area contributed by atoms with Crippen LogP contribution in [0.1, 0.15) is 31.4 Å². The highest BCUT2D eigenvalue weighted by Gasteiger charge is 2.30. The van der Waals surface area contributed by atoms with Crippen molar-refractivity contribution >= 4 is 5.91 Å².